The highest BCUT2D eigenvalue weighted by Gasteiger charge is 2.13. The van der Waals surface area contributed by atoms with Crippen LogP contribution in [0.15, 0.2) is 99.4 Å². The number of fused-ring (bicyclic) bond motifs is 7. The molecule has 6 rings (SSSR count). The van der Waals surface area contributed by atoms with E-state index in [-0.39, 0.29) is 0 Å². The number of benzene rings is 4. The van der Waals surface area contributed by atoms with Crippen molar-refractivity contribution >= 4 is 51.7 Å². The molecule has 156 valence electrons. The molecule has 0 aliphatic rings. The summed E-state index contributed by atoms with van der Waals surface area (Å²) in [5, 5.41) is 6.65. The molecule has 0 unspecified atom stereocenters. The Labute approximate surface area is 185 Å². The summed E-state index contributed by atoms with van der Waals surface area (Å²) in [6, 6.07) is 30.8. The lowest BCUT2D eigenvalue weighted by atomic mass is 9.99. The molecule has 0 N–H and O–H groups in total. The van der Waals surface area contributed by atoms with Gasteiger partial charge in [0, 0.05) is 16.5 Å². The molecule has 0 aliphatic carbocycles. The van der Waals surface area contributed by atoms with Crippen LogP contribution in [0.2, 0.25) is 0 Å². The van der Waals surface area contributed by atoms with Crippen molar-refractivity contribution in [3.05, 3.63) is 102 Å². The molecule has 6 aromatic rings. The van der Waals surface area contributed by atoms with Crippen molar-refractivity contribution in [2.45, 2.75) is 13.5 Å². The third-order valence-corrected chi connectivity index (χ3v) is 6.67. The summed E-state index contributed by atoms with van der Waals surface area (Å²) in [6.07, 6.45) is 0. The Bertz CT molecular complexity index is 1560. The van der Waals surface area contributed by atoms with E-state index in [1.165, 1.54) is 0 Å². The summed E-state index contributed by atoms with van der Waals surface area (Å²) in [4.78, 5) is 4.53. The normalized spacial score (nSPS) is 11.5. The van der Waals surface area contributed by atoms with Gasteiger partial charge in [0.1, 0.15) is 17.8 Å². The molecule has 0 fully saturated rings. The number of hydrogen-bond donors (Lipinski definition) is 0. The first-order valence-electron chi connectivity index (χ1n) is 10.5. The van der Waals surface area contributed by atoms with Crippen LogP contribution in [0.5, 0.6) is 0 Å². The monoisotopic (exact) mass is 437 g/mol. The summed E-state index contributed by atoms with van der Waals surface area (Å²) in [6.45, 7) is 2.29. The van der Waals surface area contributed by atoms with Crippen LogP contribution in [-0.2, 0) is 6.61 Å². The standard InChI is InChI=1S/C27H20NO3P/c1-18-7-6-10-21(28-18)17-29-32-30-24-15-13-19-8-2-4-11-22(19)26(24)27-23-12-5-3-9-20(23)14-16-25(27)31-32/h2-16H,17H2,1H3. The van der Waals surface area contributed by atoms with E-state index < -0.39 is 8.24 Å². The van der Waals surface area contributed by atoms with E-state index in [9.17, 15) is 0 Å². The predicted molar refractivity (Wildman–Crippen MR) is 131 cm³/mol. The van der Waals surface area contributed by atoms with Gasteiger partial charge in [-0.2, -0.15) is 0 Å². The summed E-state index contributed by atoms with van der Waals surface area (Å²) < 4.78 is 18.8. The Balaban J connectivity index is 1.66. The van der Waals surface area contributed by atoms with Gasteiger partial charge in [-0.15, -0.1) is 0 Å². The van der Waals surface area contributed by atoms with Gasteiger partial charge in [-0.25, -0.2) is 0 Å². The lowest BCUT2D eigenvalue weighted by molar-refractivity contribution is 0.359. The largest absolute Gasteiger partial charge is 0.399 e. The molecule has 0 bridgehead atoms. The van der Waals surface area contributed by atoms with Crippen molar-refractivity contribution in [2.75, 3.05) is 0 Å². The van der Waals surface area contributed by atoms with Gasteiger partial charge < -0.3 is 8.39 Å². The topological polar surface area (TPSA) is 48.4 Å². The van der Waals surface area contributed by atoms with Gasteiger partial charge in [0.05, 0.1) is 5.69 Å². The quantitative estimate of drug-likeness (QED) is 0.282. The zero-order valence-corrected chi connectivity index (χ0v) is 18.4. The van der Waals surface area contributed by atoms with Crippen LogP contribution >= 0.6 is 8.24 Å². The fourth-order valence-corrected chi connectivity index (χ4v) is 5.21. The minimum atomic E-state index is -1.66. The van der Waals surface area contributed by atoms with Gasteiger partial charge in [0.25, 0.3) is 0 Å². The van der Waals surface area contributed by atoms with Crippen molar-refractivity contribution < 1.29 is 12.9 Å². The highest BCUT2D eigenvalue weighted by molar-refractivity contribution is 7.31. The molecule has 2 aromatic heterocycles. The van der Waals surface area contributed by atoms with E-state index in [4.69, 9.17) is 12.9 Å². The Morgan fingerprint density at radius 3 is 1.88 bits per heavy atom. The third kappa shape index (κ3) is 3.34. The molecule has 0 saturated carbocycles. The second kappa shape index (κ2) is 7.83. The molecular weight excluding hydrogens is 417 g/mol. The molecule has 4 aromatic carbocycles. The van der Waals surface area contributed by atoms with Crippen molar-refractivity contribution in [2.24, 2.45) is 0 Å². The number of nitrogens with zero attached hydrogens (tertiary/aromatic N) is 1. The highest BCUT2D eigenvalue weighted by atomic mass is 31.1. The molecule has 0 saturated heterocycles. The second-order valence-corrected chi connectivity index (χ2v) is 8.84. The lowest BCUT2D eigenvalue weighted by Gasteiger charge is -2.05. The SMILES string of the molecule is Cc1cccc(COp2oc3ccc4ccccc4c3c3c(ccc4ccccc43)o2)n1. The van der Waals surface area contributed by atoms with E-state index in [1.54, 1.807) is 0 Å². The third-order valence-electron chi connectivity index (χ3n) is 5.64. The first-order valence-corrected chi connectivity index (χ1v) is 11.6. The van der Waals surface area contributed by atoms with Crippen molar-refractivity contribution in [3.8, 4) is 0 Å². The number of pyridine rings is 1. The zero-order valence-electron chi connectivity index (χ0n) is 17.5. The van der Waals surface area contributed by atoms with E-state index in [0.717, 1.165) is 54.9 Å². The first kappa shape index (κ1) is 19.1. The van der Waals surface area contributed by atoms with Crippen molar-refractivity contribution in [1.29, 1.82) is 0 Å². The average Bonchev–Trinajstić information content (AvgIpc) is 2.99. The summed E-state index contributed by atoms with van der Waals surface area (Å²) in [5.74, 6) is 0. The summed E-state index contributed by atoms with van der Waals surface area (Å²) in [5.41, 5.74) is 3.33. The molecule has 0 aliphatic heterocycles. The number of rotatable bonds is 3. The van der Waals surface area contributed by atoms with Gasteiger partial charge in [0.2, 0.25) is 0 Å². The average molecular weight is 437 g/mol. The molecule has 0 atom stereocenters. The van der Waals surface area contributed by atoms with Gasteiger partial charge in [-0.1, -0.05) is 66.7 Å². The van der Waals surface area contributed by atoms with Crippen LogP contribution < -0.4 is 4.52 Å². The highest BCUT2D eigenvalue weighted by Crippen LogP contribution is 2.40. The molecule has 32 heavy (non-hydrogen) atoms. The van der Waals surface area contributed by atoms with Gasteiger partial charge in [0.15, 0.2) is 0 Å². The van der Waals surface area contributed by atoms with Crippen LogP contribution in [0.1, 0.15) is 11.4 Å². The molecule has 5 heteroatoms. The molecule has 4 nitrogen and oxygen atoms in total. The van der Waals surface area contributed by atoms with Gasteiger partial charge in [-0.05, 0) is 52.7 Å². The van der Waals surface area contributed by atoms with Gasteiger partial charge in [-0.3, -0.25) is 9.51 Å². The van der Waals surface area contributed by atoms with Crippen LogP contribution in [0.4, 0.5) is 0 Å². The second-order valence-electron chi connectivity index (χ2n) is 7.77. The van der Waals surface area contributed by atoms with Crippen LogP contribution in [0.3, 0.4) is 0 Å². The molecular formula is C27H20NO3P. The number of hydrogen-bond acceptors (Lipinski definition) is 4. The maximum atomic E-state index is 6.34. The minimum absolute atomic E-state index is 0.319. The maximum absolute atomic E-state index is 6.34. The van der Waals surface area contributed by atoms with Crippen LogP contribution in [0.25, 0.3) is 43.5 Å². The fraction of sp³-hybridized carbons (Fsp3) is 0.0741. The predicted octanol–water partition coefficient (Wildman–Crippen LogP) is 7.93. The lowest BCUT2D eigenvalue weighted by Crippen LogP contribution is -1.96. The Kier molecular flexibility index (Phi) is 4.68. The zero-order chi connectivity index (χ0) is 21.5. The number of aromatic nitrogens is 1. The van der Waals surface area contributed by atoms with Gasteiger partial charge >= 0.3 is 8.24 Å². The Morgan fingerprint density at radius 1 is 0.688 bits per heavy atom. The summed E-state index contributed by atoms with van der Waals surface area (Å²) in [7, 11) is -1.66. The fourth-order valence-electron chi connectivity index (χ4n) is 4.20. The summed E-state index contributed by atoms with van der Waals surface area (Å²) >= 11 is 0. The van der Waals surface area contributed by atoms with Crippen molar-refractivity contribution in [3.63, 3.8) is 0 Å². The van der Waals surface area contributed by atoms with Crippen molar-refractivity contribution in [1.82, 2.24) is 4.98 Å². The number of aryl methyl sites for hydroxylation is 1. The molecule has 0 spiro atoms. The molecule has 2 heterocycles. The Hall–Kier alpha value is -3.59. The van der Waals surface area contributed by atoms with E-state index in [2.05, 4.69) is 65.6 Å². The molecule has 0 amide bonds. The van der Waals surface area contributed by atoms with Crippen LogP contribution in [0, 0.1) is 6.92 Å². The first-order chi connectivity index (χ1) is 15.8. The molecule has 0 radical (unpaired) electrons. The minimum Gasteiger partial charge on any atom is -0.399 e. The van der Waals surface area contributed by atoms with Crippen LogP contribution in [-0.4, -0.2) is 4.98 Å². The smallest absolute Gasteiger partial charge is 0.387 e. The van der Waals surface area contributed by atoms with E-state index in [1.807, 2.05) is 37.3 Å². The van der Waals surface area contributed by atoms with E-state index >= 15 is 0 Å². The Morgan fingerprint density at radius 2 is 1.28 bits per heavy atom. The van der Waals surface area contributed by atoms with E-state index in [0.29, 0.717) is 6.61 Å². The maximum Gasteiger partial charge on any atom is 0.387 e.